The number of amides is 1. The van der Waals surface area contributed by atoms with Crippen molar-refractivity contribution in [3.05, 3.63) is 94.3 Å². The van der Waals surface area contributed by atoms with Gasteiger partial charge in [0.05, 0.1) is 11.5 Å². The molecular weight excluding hydrogens is 429 g/mol. The van der Waals surface area contributed by atoms with Gasteiger partial charge in [0, 0.05) is 16.8 Å². The van der Waals surface area contributed by atoms with Crippen molar-refractivity contribution in [1.82, 2.24) is 10.3 Å². The van der Waals surface area contributed by atoms with E-state index in [2.05, 4.69) is 22.1 Å². The van der Waals surface area contributed by atoms with E-state index in [9.17, 15) is 23.1 Å². The Morgan fingerprint density at radius 2 is 1.82 bits per heavy atom. The van der Waals surface area contributed by atoms with Crippen LogP contribution in [0.25, 0.3) is 0 Å². The monoisotopic (exact) mass is 450 g/mol. The zero-order chi connectivity index (χ0) is 23.6. The Hall–Kier alpha value is -3.79. The molecule has 4 nitrogen and oxygen atoms in total. The number of nitrogens with one attached hydrogen (secondary N) is 1. The van der Waals surface area contributed by atoms with Gasteiger partial charge in [0.1, 0.15) is 29.8 Å². The highest BCUT2D eigenvalue weighted by atomic mass is 19.1. The highest BCUT2D eigenvalue weighted by molar-refractivity contribution is 5.93. The van der Waals surface area contributed by atoms with Crippen LogP contribution in [0.2, 0.25) is 0 Å². The highest BCUT2D eigenvalue weighted by Gasteiger charge is 2.41. The lowest BCUT2D eigenvalue weighted by atomic mass is 9.97. The maximum Gasteiger partial charge on any atom is 0.270 e. The van der Waals surface area contributed by atoms with E-state index in [4.69, 9.17) is 0 Å². The van der Waals surface area contributed by atoms with E-state index in [1.54, 1.807) is 13.0 Å². The number of aryl methyl sites for hydroxylation is 1. The number of phenolic OH excluding ortho intramolecular Hbond substituents is 1. The number of aromatic hydroxyl groups is 1. The number of pyridine rings is 1. The predicted octanol–water partition coefficient (Wildman–Crippen LogP) is 4.99. The molecule has 1 aliphatic rings. The molecule has 1 aliphatic carbocycles. The molecule has 1 heterocycles. The SMILES string of the molecule is Cc1cc(C#CC2(CF)CC2)cc(C(=O)NC(c2ccc(F)cc2)c2cc(F)ccc2O)n1. The molecule has 2 aromatic carbocycles. The first-order chi connectivity index (χ1) is 15.8. The molecular formula is C26H21F3N2O2. The number of hydrogen-bond acceptors (Lipinski definition) is 3. The third-order valence-corrected chi connectivity index (χ3v) is 5.55. The van der Waals surface area contributed by atoms with Gasteiger partial charge in [-0.15, -0.1) is 0 Å². The van der Waals surface area contributed by atoms with Crippen LogP contribution in [0.15, 0.2) is 54.6 Å². The number of phenols is 1. The number of aromatic nitrogens is 1. The van der Waals surface area contributed by atoms with Crippen molar-refractivity contribution in [3.8, 4) is 17.6 Å². The molecule has 168 valence electrons. The van der Waals surface area contributed by atoms with E-state index in [-0.39, 0.29) is 17.0 Å². The highest BCUT2D eigenvalue weighted by Crippen LogP contribution is 2.45. The van der Waals surface area contributed by atoms with Gasteiger partial charge < -0.3 is 10.4 Å². The lowest BCUT2D eigenvalue weighted by Crippen LogP contribution is -2.30. The van der Waals surface area contributed by atoms with Crippen LogP contribution in [0.1, 0.15) is 51.8 Å². The van der Waals surface area contributed by atoms with E-state index in [1.165, 1.54) is 36.4 Å². The van der Waals surface area contributed by atoms with Crippen LogP contribution < -0.4 is 5.32 Å². The van der Waals surface area contributed by atoms with Crippen LogP contribution in [0.4, 0.5) is 13.2 Å². The number of nitrogens with zero attached hydrogens (tertiary/aromatic N) is 1. The van der Waals surface area contributed by atoms with Gasteiger partial charge in [-0.3, -0.25) is 4.79 Å². The van der Waals surface area contributed by atoms with Gasteiger partial charge in [-0.2, -0.15) is 0 Å². The van der Waals surface area contributed by atoms with E-state index in [0.29, 0.717) is 29.7 Å². The molecule has 0 saturated heterocycles. The molecule has 0 bridgehead atoms. The molecule has 3 aromatic rings. The fraction of sp³-hybridized carbons (Fsp3) is 0.231. The van der Waals surface area contributed by atoms with Gasteiger partial charge in [-0.25, -0.2) is 18.2 Å². The molecule has 1 aromatic heterocycles. The van der Waals surface area contributed by atoms with Crippen molar-refractivity contribution < 1.29 is 23.1 Å². The minimum Gasteiger partial charge on any atom is -0.508 e. The topological polar surface area (TPSA) is 62.2 Å². The summed E-state index contributed by atoms with van der Waals surface area (Å²) in [5.74, 6) is 3.99. The summed E-state index contributed by atoms with van der Waals surface area (Å²) in [4.78, 5) is 17.4. The molecule has 2 N–H and O–H groups in total. The van der Waals surface area contributed by atoms with Crippen molar-refractivity contribution in [2.45, 2.75) is 25.8 Å². The summed E-state index contributed by atoms with van der Waals surface area (Å²) >= 11 is 0. The molecule has 33 heavy (non-hydrogen) atoms. The molecule has 4 rings (SSSR count). The third kappa shape index (κ3) is 5.17. The van der Waals surface area contributed by atoms with Crippen molar-refractivity contribution in [3.63, 3.8) is 0 Å². The lowest BCUT2D eigenvalue weighted by Gasteiger charge is -2.21. The molecule has 0 aliphatic heterocycles. The van der Waals surface area contributed by atoms with Gasteiger partial charge >= 0.3 is 0 Å². The summed E-state index contributed by atoms with van der Waals surface area (Å²) in [7, 11) is 0. The van der Waals surface area contributed by atoms with E-state index < -0.39 is 35.7 Å². The second-order valence-electron chi connectivity index (χ2n) is 8.21. The summed E-state index contributed by atoms with van der Waals surface area (Å²) in [6, 6.07) is 10.9. The van der Waals surface area contributed by atoms with Gasteiger partial charge in [0.15, 0.2) is 0 Å². The predicted molar refractivity (Wildman–Crippen MR) is 117 cm³/mol. The third-order valence-electron chi connectivity index (χ3n) is 5.55. The van der Waals surface area contributed by atoms with Crippen LogP contribution in [-0.2, 0) is 0 Å². The average Bonchev–Trinajstić information content (AvgIpc) is 3.59. The normalized spacial score (nSPS) is 14.7. The Labute approximate surface area is 189 Å². The molecule has 0 spiro atoms. The van der Waals surface area contributed by atoms with E-state index in [0.717, 1.165) is 12.1 Å². The van der Waals surface area contributed by atoms with E-state index in [1.807, 2.05) is 0 Å². The molecule has 1 unspecified atom stereocenters. The first-order valence-electron chi connectivity index (χ1n) is 10.4. The van der Waals surface area contributed by atoms with Gasteiger partial charge in [-0.05, 0) is 67.8 Å². The van der Waals surface area contributed by atoms with Crippen molar-refractivity contribution in [1.29, 1.82) is 0 Å². The van der Waals surface area contributed by atoms with Crippen molar-refractivity contribution >= 4 is 5.91 Å². The quantitative estimate of drug-likeness (QED) is 0.538. The van der Waals surface area contributed by atoms with Gasteiger partial charge in [0.2, 0.25) is 0 Å². The largest absolute Gasteiger partial charge is 0.508 e. The maximum atomic E-state index is 13.9. The summed E-state index contributed by atoms with van der Waals surface area (Å²) in [6.45, 7) is 1.20. The van der Waals surface area contributed by atoms with Crippen molar-refractivity contribution in [2.75, 3.05) is 6.67 Å². The van der Waals surface area contributed by atoms with Crippen LogP contribution >= 0.6 is 0 Å². The number of carbonyl (C=O) groups excluding carboxylic acids is 1. The molecule has 1 saturated carbocycles. The minimum absolute atomic E-state index is 0.0624. The Morgan fingerprint density at radius 3 is 2.48 bits per heavy atom. The van der Waals surface area contributed by atoms with Crippen LogP contribution in [0.3, 0.4) is 0 Å². The fourth-order valence-corrected chi connectivity index (χ4v) is 3.46. The van der Waals surface area contributed by atoms with Crippen LogP contribution in [0, 0.1) is 35.8 Å². The molecule has 1 amide bonds. The molecule has 1 atom stereocenters. The number of benzene rings is 2. The molecule has 7 heteroatoms. The number of rotatable bonds is 5. The Morgan fingerprint density at radius 1 is 1.12 bits per heavy atom. The standard InChI is InChI=1S/C26H21F3N2O2/c1-16-12-17(8-9-26(15-27)10-11-26)13-22(30-16)25(33)31-24(18-2-4-19(28)5-3-18)21-14-20(29)6-7-23(21)32/h2-7,12-14,24,32H,10-11,15H2,1H3,(H,31,33). The zero-order valence-corrected chi connectivity index (χ0v) is 17.8. The first kappa shape index (κ1) is 22.4. The fourth-order valence-electron chi connectivity index (χ4n) is 3.46. The Kier molecular flexibility index (Phi) is 6.10. The smallest absolute Gasteiger partial charge is 0.270 e. The summed E-state index contributed by atoms with van der Waals surface area (Å²) in [5, 5.41) is 13.1. The second kappa shape index (κ2) is 8.99. The summed E-state index contributed by atoms with van der Waals surface area (Å²) < 4.78 is 40.5. The van der Waals surface area contributed by atoms with Crippen LogP contribution in [-0.4, -0.2) is 22.7 Å². The first-order valence-corrected chi connectivity index (χ1v) is 10.4. The molecule has 0 radical (unpaired) electrons. The summed E-state index contributed by atoms with van der Waals surface area (Å²) in [6.07, 6.45) is 1.43. The van der Waals surface area contributed by atoms with Gasteiger partial charge in [0.25, 0.3) is 5.91 Å². The number of hydrogen-bond donors (Lipinski definition) is 2. The number of alkyl halides is 1. The van der Waals surface area contributed by atoms with E-state index >= 15 is 0 Å². The molecule has 1 fully saturated rings. The average molecular weight is 450 g/mol. The zero-order valence-electron chi connectivity index (χ0n) is 17.8. The summed E-state index contributed by atoms with van der Waals surface area (Å²) in [5.41, 5.74) is 1.11. The Bertz CT molecular complexity index is 1260. The van der Waals surface area contributed by atoms with Crippen LogP contribution in [0.5, 0.6) is 5.75 Å². The second-order valence-corrected chi connectivity index (χ2v) is 8.21. The number of carbonyl (C=O) groups is 1. The minimum atomic E-state index is -0.966. The number of halogens is 3. The lowest BCUT2D eigenvalue weighted by molar-refractivity contribution is 0.0937. The maximum absolute atomic E-state index is 13.9. The van der Waals surface area contributed by atoms with Gasteiger partial charge in [-0.1, -0.05) is 24.0 Å². The van der Waals surface area contributed by atoms with Crippen molar-refractivity contribution in [2.24, 2.45) is 5.41 Å². The Balaban J connectivity index is 1.67.